The van der Waals surface area contributed by atoms with E-state index in [0.717, 1.165) is 127 Å². The summed E-state index contributed by atoms with van der Waals surface area (Å²) in [7, 11) is -9.93. The molecule has 0 saturated heterocycles. The number of unbranched alkanes of at least 4 members (excludes halogenated alkanes) is 39. The van der Waals surface area contributed by atoms with Gasteiger partial charge in [-0.3, -0.25) is 37.3 Å². The number of carbonyl (C=O) groups excluding carboxylic acids is 4. The van der Waals surface area contributed by atoms with E-state index in [2.05, 4.69) is 72.8 Å². The lowest BCUT2D eigenvalue weighted by molar-refractivity contribution is -0.161. The molecule has 0 aliphatic rings. The molecule has 0 radical (unpaired) electrons. The first-order valence-electron chi connectivity index (χ1n) is 40.2. The van der Waals surface area contributed by atoms with Crippen molar-refractivity contribution in [2.24, 2.45) is 17.8 Å². The van der Waals surface area contributed by atoms with Crippen LogP contribution in [0.1, 0.15) is 382 Å². The molecule has 3 N–H and O–H groups in total. The Morgan fingerprint density at radius 3 is 0.908 bits per heavy atom. The van der Waals surface area contributed by atoms with E-state index in [9.17, 15) is 43.2 Å². The van der Waals surface area contributed by atoms with Gasteiger partial charge in [0.05, 0.1) is 26.4 Å². The van der Waals surface area contributed by atoms with Gasteiger partial charge in [-0.1, -0.05) is 330 Å². The molecular formula is C79H150O17P2. The molecule has 3 unspecified atom stereocenters. The number of esters is 4. The molecule has 0 aliphatic carbocycles. The molecule has 6 atom stereocenters. The van der Waals surface area contributed by atoms with Crippen LogP contribution in [0.5, 0.6) is 0 Å². The molecule has 0 aliphatic heterocycles. The summed E-state index contributed by atoms with van der Waals surface area (Å²) in [6, 6.07) is 0. The van der Waals surface area contributed by atoms with Crippen LogP contribution in [0.25, 0.3) is 0 Å². The Morgan fingerprint density at radius 2 is 0.602 bits per heavy atom. The highest BCUT2D eigenvalue weighted by Gasteiger charge is 2.30. The van der Waals surface area contributed by atoms with Gasteiger partial charge in [0, 0.05) is 25.7 Å². The van der Waals surface area contributed by atoms with E-state index in [1.807, 2.05) is 0 Å². The zero-order valence-electron chi connectivity index (χ0n) is 63.7. The van der Waals surface area contributed by atoms with Gasteiger partial charge in [0.15, 0.2) is 12.2 Å². The second kappa shape index (κ2) is 68.9. The van der Waals surface area contributed by atoms with E-state index in [-0.39, 0.29) is 25.7 Å². The van der Waals surface area contributed by atoms with Gasteiger partial charge in [-0.25, -0.2) is 9.13 Å². The zero-order chi connectivity index (χ0) is 72.3. The zero-order valence-corrected chi connectivity index (χ0v) is 65.5. The molecule has 578 valence electrons. The number of ether oxygens (including phenoxy) is 4. The van der Waals surface area contributed by atoms with Crippen LogP contribution in [0.4, 0.5) is 0 Å². The highest BCUT2D eigenvalue weighted by Crippen LogP contribution is 2.45. The average Bonchev–Trinajstić information content (AvgIpc) is 1.70. The van der Waals surface area contributed by atoms with Gasteiger partial charge in [0.1, 0.15) is 19.3 Å². The summed E-state index contributed by atoms with van der Waals surface area (Å²) >= 11 is 0. The van der Waals surface area contributed by atoms with E-state index in [4.69, 9.17) is 37.0 Å². The average molecular weight is 1430 g/mol. The van der Waals surface area contributed by atoms with Crippen LogP contribution in [0.2, 0.25) is 0 Å². The van der Waals surface area contributed by atoms with E-state index in [1.165, 1.54) is 173 Å². The van der Waals surface area contributed by atoms with Crippen LogP contribution in [-0.2, 0) is 65.4 Å². The molecule has 0 aromatic carbocycles. The Hall–Kier alpha value is -2.46. The molecule has 0 saturated carbocycles. The molecule has 0 aromatic rings. The molecule has 0 heterocycles. The van der Waals surface area contributed by atoms with Gasteiger partial charge in [-0.15, -0.1) is 0 Å². The third-order valence-corrected chi connectivity index (χ3v) is 20.0. The number of aliphatic hydroxyl groups is 1. The fraction of sp³-hybridized carbons (Fsp3) is 0.899. The van der Waals surface area contributed by atoms with Crippen molar-refractivity contribution in [3.63, 3.8) is 0 Å². The lowest BCUT2D eigenvalue weighted by Gasteiger charge is -2.21. The van der Waals surface area contributed by atoms with Crippen molar-refractivity contribution in [1.29, 1.82) is 0 Å². The van der Waals surface area contributed by atoms with Crippen molar-refractivity contribution < 1.29 is 80.2 Å². The molecule has 19 heteroatoms. The minimum Gasteiger partial charge on any atom is -0.462 e. The maximum Gasteiger partial charge on any atom is 0.472 e. The van der Waals surface area contributed by atoms with E-state index >= 15 is 0 Å². The second-order valence-corrected chi connectivity index (χ2v) is 31.9. The molecule has 0 amide bonds. The highest BCUT2D eigenvalue weighted by molar-refractivity contribution is 7.47. The van der Waals surface area contributed by atoms with Crippen LogP contribution in [0.15, 0.2) is 24.3 Å². The fourth-order valence-corrected chi connectivity index (χ4v) is 13.1. The Morgan fingerprint density at radius 1 is 0.337 bits per heavy atom. The van der Waals surface area contributed by atoms with Crippen LogP contribution in [0, 0.1) is 17.8 Å². The second-order valence-electron chi connectivity index (χ2n) is 29.0. The third kappa shape index (κ3) is 70.6. The largest absolute Gasteiger partial charge is 0.472 e. The number of carbonyl (C=O) groups is 4. The van der Waals surface area contributed by atoms with Crippen LogP contribution >= 0.6 is 15.6 Å². The number of hydrogen-bond donors (Lipinski definition) is 3. The topological polar surface area (TPSA) is 237 Å². The number of hydrogen-bond acceptors (Lipinski definition) is 15. The maximum absolute atomic E-state index is 13.1. The first-order chi connectivity index (χ1) is 47.3. The fourth-order valence-electron chi connectivity index (χ4n) is 11.6. The van der Waals surface area contributed by atoms with E-state index < -0.39 is 97.5 Å². The highest BCUT2D eigenvalue weighted by atomic mass is 31.2. The number of phosphoric ester groups is 2. The van der Waals surface area contributed by atoms with Gasteiger partial charge in [0.25, 0.3) is 0 Å². The van der Waals surface area contributed by atoms with Crippen LogP contribution in [-0.4, -0.2) is 96.7 Å². The lowest BCUT2D eigenvalue weighted by Crippen LogP contribution is -2.30. The first kappa shape index (κ1) is 95.5. The van der Waals surface area contributed by atoms with Crippen LogP contribution < -0.4 is 0 Å². The van der Waals surface area contributed by atoms with Gasteiger partial charge < -0.3 is 33.8 Å². The first-order valence-corrected chi connectivity index (χ1v) is 43.2. The van der Waals surface area contributed by atoms with Crippen molar-refractivity contribution in [2.75, 3.05) is 39.6 Å². The number of allylic oxidation sites excluding steroid dienone is 4. The molecule has 0 aromatic heterocycles. The lowest BCUT2D eigenvalue weighted by atomic mass is 10.00. The summed E-state index contributed by atoms with van der Waals surface area (Å²) in [6.45, 7) is 11.8. The minimum absolute atomic E-state index is 0.0839. The summed E-state index contributed by atoms with van der Waals surface area (Å²) in [5, 5.41) is 10.6. The SMILES string of the molecule is CCCCCC/C=C\C=C/CCCCCCCC(=O)O[C@H](COC(=O)CCCCCCCCC(C)CC)COP(=O)(O)OC[C@H](O)COP(=O)(O)OC[C@@H](COC(=O)CCCCCCCCCCCCCCCCCCC(C)C)OC(=O)CCCCCCCCCCCCCC(C)C. The summed E-state index contributed by atoms with van der Waals surface area (Å²) in [4.78, 5) is 72.9. The van der Waals surface area contributed by atoms with Gasteiger partial charge in [-0.2, -0.15) is 0 Å². The Labute approximate surface area is 599 Å². The molecule has 0 spiro atoms. The summed E-state index contributed by atoms with van der Waals surface area (Å²) in [5.74, 6) is 0.157. The van der Waals surface area contributed by atoms with Gasteiger partial charge >= 0.3 is 39.5 Å². The van der Waals surface area contributed by atoms with Crippen molar-refractivity contribution in [3.8, 4) is 0 Å². The van der Waals surface area contributed by atoms with Crippen molar-refractivity contribution in [3.05, 3.63) is 24.3 Å². The number of rotatable bonds is 75. The van der Waals surface area contributed by atoms with E-state index in [0.29, 0.717) is 25.7 Å². The van der Waals surface area contributed by atoms with Crippen molar-refractivity contribution >= 4 is 39.5 Å². The standard InChI is InChI=1S/C79H150O17P2/c1-8-10-11-12-13-14-15-16-19-24-29-34-39-48-55-62-78(83)96-75(67-90-77(82)61-54-47-42-41-45-52-59-72(7)9-2)69-94-98(87,88)92-65-73(80)64-91-97(85,86)93-68-74(95-79(84)63-56-49-40-35-30-25-27-32-37-44-51-58-71(5)6)66-89-76(81)60-53-46-38-33-28-23-21-18-17-20-22-26-31-36-43-50-57-70(3)4/h14-16,19,70-75,80H,8-13,17-18,20-69H2,1-7H3,(H,85,86)(H,87,88)/b15-14-,19-16-/t72?,73-,74-,75-/m1/s1. The monoisotopic (exact) mass is 1430 g/mol. The van der Waals surface area contributed by atoms with Gasteiger partial charge in [-0.05, 0) is 69.1 Å². The Bertz CT molecular complexity index is 2000. The van der Waals surface area contributed by atoms with Crippen molar-refractivity contribution in [2.45, 2.75) is 401 Å². The quantitative estimate of drug-likeness (QED) is 0.0169. The number of phosphoric acid groups is 2. The number of aliphatic hydroxyl groups excluding tert-OH is 1. The summed E-state index contributed by atoms with van der Waals surface area (Å²) < 4.78 is 68.6. The molecule has 98 heavy (non-hydrogen) atoms. The maximum atomic E-state index is 13.1. The minimum atomic E-state index is -4.97. The normalized spacial score (nSPS) is 14.4. The molecule has 0 fully saturated rings. The summed E-state index contributed by atoms with van der Waals surface area (Å²) in [5.41, 5.74) is 0. The predicted octanol–water partition coefficient (Wildman–Crippen LogP) is 22.9. The molecule has 0 rings (SSSR count). The van der Waals surface area contributed by atoms with Crippen LogP contribution in [0.3, 0.4) is 0 Å². The molecular weight excluding hydrogens is 1280 g/mol. The van der Waals surface area contributed by atoms with Crippen molar-refractivity contribution in [1.82, 2.24) is 0 Å². The Kier molecular flexibility index (Phi) is 67.2. The Balaban J connectivity index is 5.26. The smallest absolute Gasteiger partial charge is 0.462 e. The predicted molar refractivity (Wildman–Crippen MR) is 400 cm³/mol. The summed E-state index contributed by atoms with van der Waals surface area (Å²) in [6.07, 6.45) is 59.1. The van der Waals surface area contributed by atoms with E-state index in [1.54, 1.807) is 0 Å². The molecule has 0 bridgehead atoms. The molecule has 17 nitrogen and oxygen atoms in total. The third-order valence-electron chi connectivity index (χ3n) is 18.1. The van der Waals surface area contributed by atoms with Gasteiger partial charge in [0.2, 0.25) is 0 Å².